The normalized spacial score (nSPS) is 19.5. The van der Waals surface area contributed by atoms with Crippen LogP contribution >= 0.6 is 0 Å². The number of nitrogens with one attached hydrogen (secondary N) is 1. The summed E-state index contributed by atoms with van der Waals surface area (Å²) in [5, 5.41) is 3.28. The van der Waals surface area contributed by atoms with Crippen LogP contribution in [0.5, 0.6) is 5.88 Å². The summed E-state index contributed by atoms with van der Waals surface area (Å²) in [5.74, 6) is 2.45. The SMILES string of the molecule is CCOc1cc(N2CCCCC2CNC)nc(C)n1. The fourth-order valence-electron chi connectivity index (χ4n) is 2.64. The molecule has 0 amide bonds. The van der Waals surface area contributed by atoms with E-state index >= 15 is 0 Å². The smallest absolute Gasteiger partial charge is 0.218 e. The van der Waals surface area contributed by atoms with Gasteiger partial charge in [-0.25, -0.2) is 4.98 Å². The van der Waals surface area contributed by atoms with Gasteiger partial charge in [0, 0.05) is 25.2 Å². The lowest BCUT2D eigenvalue weighted by molar-refractivity contribution is 0.325. The predicted octanol–water partition coefficient (Wildman–Crippen LogP) is 1.76. The summed E-state index contributed by atoms with van der Waals surface area (Å²) in [6.07, 6.45) is 3.74. The van der Waals surface area contributed by atoms with Crippen molar-refractivity contribution in [3.8, 4) is 5.88 Å². The Morgan fingerprint density at radius 2 is 2.26 bits per heavy atom. The van der Waals surface area contributed by atoms with Gasteiger partial charge in [-0.05, 0) is 40.2 Å². The van der Waals surface area contributed by atoms with Crippen LogP contribution in [-0.4, -0.2) is 42.8 Å². The van der Waals surface area contributed by atoms with Gasteiger partial charge in [0.1, 0.15) is 11.6 Å². The van der Waals surface area contributed by atoms with Crippen LogP contribution in [0.25, 0.3) is 0 Å². The average Bonchev–Trinajstić information content (AvgIpc) is 2.39. The van der Waals surface area contributed by atoms with E-state index in [4.69, 9.17) is 4.74 Å². The molecule has 19 heavy (non-hydrogen) atoms. The molecule has 106 valence electrons. The standard InChI is InChI=1S/C14H24N4O/c1-4-19-14-9-13(16-11(2)17-14)18-8-6-5-7-12(18)10-15-3/h9,12,15H,4-8,10H2,1-3H3. The van der Waals surface area contributed by atoms with Crippen LogP contribution in [-0.2, 0) is 0 Å². The number of rotatable bonds is 5. The number of hydrogen-bond donors (Lipinski definition) is 1. The minimum Gasteiger partial charge on any atom is -0.478 e. The van der Waals surface area contributed by atoms with Gasteiger partial charge in [0.2, 0.25) is 5.88 Å². The van der Waals surface area contributed by atoms with E-state index in [0.29, 0.717) is 18.5 Å². The minimum atomic E-state index is 0.516. The Hall–Kier alpha value is -1.36. The Balaban J connectivity index is 2.22. The zero-order valence-corrected chi connectivity index (χ0v) is 12.1. The van der Waals surface area contributed by atoms with E-state index in [1.165, 1.54) is 19.3 Å². The fraction of sp³-hybridized carbons (Fsp3) is 0.714. The largest absolute Gasteiger partial charge is 0.478 e. The van der Waals surface area contributed by atoms with Gasteiger partial charge < -0.3 is 15.0 Å². The van der Waals surface area contributed by atoms with Crippen molar-refractivity contribution in [2.45, 2.75) is 39.2 Å². The second-order valence-corrected chi connectivity index (χ2v) is 4.95. The van der Waals surface area contributed by atoms with Crippen LogP contribution in [0.15, 0.2) is 6.07 Å². The maximum absolute atomic E-state index is 5.52. The highest BCUT2D eigenvalue weighted by Crippen LogP contribution is 2.25. The summed E-state index contributed by atoms with van der Waals surface area (Å²) in [7, 11) is 2.00. The van der Waals surface area contributed by atoms with E-state index in [1.807, 2.05) is 27.0 Å². The number of nitrogens with zero attached hydrogens (tertiary/aromatic N) is 3. The predicted molar refractivity (Wildman–Crippen MR) is 76.8 cm³/mol. The zero-order valence-electron chi connectivity index (χ0n) is 12.1. The maximum atomic E-state index is 5.52. The molecular weight excluding hydrogens is 240 g/mol. The van der Waals surface area contributed by atoms with E-state index in [9.17, 15) is 0 Å². The highest BCUT2D eigenvalue weighted by Gasteiger charge is 2.23. The van der Waals surface area contributed by atoms with Crippen LogP contribution in [0.3, 0.4) is 0 Å². The molecular formula is C14H24N4O. The average molecular weight is 264 g/mol. The lowest BCUT2D eigenvalue weighted by Crippen LogP contribution is -2.45. The number of ether oxygens (including phenoxy) is 1. The highest BCUT2D eigenvalue weighted by molar-refractivity contribution is 5.43. The second-order valence-electron chi connectivity index (χ2n) is 4.95. The van der Waals surface area contributed by atoms with E-state index in [1.54, 1.807) is 0 Å². The number of hydrogen-bond acceptors (Lipinski definition) is 5. The van der Waals surface area contributed by atoms with Crippen LogP contribution in [0.1, 0.15) is 32.0 Å². The molecule has 0 saturated carbocycles. The molecule has 1 aliphatic heterocycles. The van der Waals surface area contributed by atoms with Crippen LogP contribution in [0.4, 0.5) is 5.82 Å². The van der Waals surface area contributed by atoms with Crippen molar-refractivity contribution in [2.75, 3.05) is 31.6 Å². The Labute approximate surface area is 115 Å². The minimum absolute atomic E-state index is 0.516. The van der Waals surface area contributed by atoms with E-state index in [2.05, 4.69) is 20.2 Å². The topological polar surface area (TPSA) is 50.3 Å². The molecule has 1 saturated heterocycles. The Morgan fingerprint density at radius 1 is 1.42 bits per heavy atom. The van der Waals surface area contributed by atoms with Crippen LogP contribution in [0, 0.1) is 6.92 Å². The summed E-state index contributed by atoms with van der Waals surface area (Å²) in [6.45, 7) is 6.59. The molecule has 1 N–H and O–H groups in total. The van der Waals surface area contributed by atoms with Gasteiger partial charge in [-0.15, -0.1) is 0 Å². The van der Waals surface area contributed by atoms with Crippen LogP contribution in [0.2, 0.25) is 0 Å². The first-order valence-electron chi connectivity index (χ1n) is 7.14. The molecule has 5 heteroatoms. The molecule has 0 spiro atoms. The first kappa shape index (κ1) is 14.1. The summed E-state index contributed by atoms with van der Waals surface area (Å²) >= 11 is 0. The molecule has 5 nitrogen and oxygen atoms in total. The third kappa shape index (κ3) is 3.56. The van der Waals surface area contributed by atoms with Crippen molar-refractivity contribution in [3.05, 3.63) is 11.9 Å². The van der Waals surface area contributed by atoms with E-state index < -0.39 is 0 Å². The molecule has 1 atom stereocenters. The van der Waals surface area contributed by atoms with Crippen molar-refractivity contribution in [1.82, 2.24) is 15.3 Å². The third-order valence-electron chi connectivity index (χ3n) is 3.45. The molecule has 2 heterocycles. The first-order valence-corrected chi connectivity index (χ1v) is 7.14. The number of aryl methyl sites for hydroxylation is 1. The Kier molecular flexibility index (Phi) is 4.96. The summed E-state index contributed by atoms with van der Waals surface area (Å²) in [6, 6.07) is 2.48. The Morgan fingerprint density at radius 3 is 3.00 bits per heavy atom. The summed E-state index contributed by atoms with van der Waals surface area (Å²) in [4.78, 5) is 11.3. The molecule has 1 fully saturated rings. The van der Waals surface area contributed by atoms with E-state index in [-0.39, 0.29) is 0 Å². The van der Waals surface area contributed by atoms with Crippen molar-refractivity contribution in [3.63, 3.8) is 0 Å². The van der Waals surface area contributed by atoms with E-state index in [0.717, 1.165) is 24.7 Å². The monoisotopic (exact) mass is 264 g/mol. The van der Waals surface area contributed by atoms with Gasteiger partial charge in [-0.3, -0.25) is 0 Å². The highest BCUT2D eigenvalue weighted by atomic mass is 16.5. The lowest BCUT2D eigenvalue weighted by atomic mass is 10.0. The molecule has 1 unspecified atom stereocenters. The van der Waals surface area contributed by atoms with Crippen molar-refractivity contribution in [2.24, 2.45) is 0 Å². The Bertz CT molecular complexity index is 408. The van der Waals surface area contributed by atoms with Gasteiger partial charge in [-0.1, -0.05) is 0 Å². The molecule has 1 aliphatic rings. The first-order chi connectivity index (χ1) is 9.24. The molecule has 0 aromatic carbocycles. The number of piperidine rings is 1. The lowest BCUT2D eigenvalue weighted by Gasteiger charge is -2.36. The quantitative estimate of drug-likeness (QED) is 0.878. The van der Waals surface area contributed by atoms with Gasteiger partial charge in [0.05, 0.1) is 6.61 Å². The molecule has 1 aromatic heterocycles. The molecule has 2 rings (SSSR count). The fourth-order valence-corrected chi connectivity index (χ4v) is 2.64. The molecule has 1 aromatic rings. The molecule has 0 aliphatic carbocycles. The van der Waals surface area contributed by atoms with Gasteiger partial charge in [-0.2, -0.15) is 4.98 Å². The van der Waals surface area contributed by atoms with Gasteiger partial charge in [0.25, 0.3) is 0 Å². The number of likely N-dealkylation sites (N-methyl/N-ethyl adjacent to an activating group) is 1. The zero-order chi connectivity index (χ0) is 13.7. The second kappa shape index (κ2) is 6.70. The summed E-state index contributed by atoms with van der Waals surface area (Å²) in [5.41, 5.74) is 0. The van der Waals surface area contributed by atoms with Gasteiger partial charge >= 0.3 is 0 Å². The van der Waals surface area contributed by atoms with Crippen molar-refractivity contribution >= 4 is 5.82 Å². The van der Waals surface area contributed by atoms with Gasteiger partial charge in [0.15, 0.2) is 0 Å². The number of anilines is 1. The maximum Gasteiger partial charge on any atom is 0.218 e. The summed E-state index contributed by atoms with van der Waals surface area (Å²) < 4.78 is 5.52. The molecule has 0 bridgehead atoms. The third-order valence-corrected chi connectivity index (χ3v) is 3.45. The van der Waals surface area contributed by atoms with Crippen LogP contribution < -0.4 is 15.0 Å². The van der Waals surface area contributed by atoms with Crippen molar-refractivity contribution in [1.29, 1.82) is 0 Å². The molecule has 0 radical (unpaired) electrons. The number of aromatic nitrogens is 2. The van der Waals surface area contributed by atoms with Crippen molar-refractivity contribution < 1.29 is 4.74 Å².